The van der Waals surface area contributed by atoms with Crippen molar-refractivity contribution in [3.05, 3.63) is 107 Å². The van der Waals surface area contributed by atoms with Crippen molar-refractivity contribution in [3.63, 3.8) is 0 Å². The van der Waals surface area contributed by atoms with Gasteiger partial charge >= 0.3 is 0 Å². The summed E-state index contributed by atoms with van der Waals surface area (Å²) < 4.78 is 0. The van der Waals surface area contributed by atoms with Crippen LogP contribution < -0.4 is 0 Å². The quantitative estimate of drug-likeness (QED) is 0.272. The summed E-state index contributed by atoms with van der Waals surface area (Å²) in [4.78, 5) is 17.1. The molecule has 5 heterocycles. The molecule has 0 saturated carbocycles. The molecule has 3 aromatic heterocycles. The van der Waals surface area contributed by atoms with Crippen LogP contribution >= 0.6 is 0 Å². The van der Waals surface area contributed by atoms with Crippen molar-refractivity contribution in [1.29, 1.82) is 0 Å². The Balaban J connectivity index is 1.45. The van der Waals surface area contributed by atoms with Crippen LogP contribution in [0.2, 0.25) is 0 Å². The fraction of sp³-hybridized carbons (Fsp3) is 0.133. The van der Waals surface area contributed by atoms with E-state index in [2.05, 4.69) is 94.9 Å². The molecular weight excluding hydrogens is 416 g/mol. The van der Waals surface area contributed by atoms with E-state index in [0.29, 0.717) is 11.8 Å². The van der Waals surface area contributed by atoms with Gasteiger partial charge in [0.1, 0.15) is 0 Å². The normalized spacial score (nSPS) is 19.9. The topological polar surface area (TPSA) is 57.4 Å². The predicted molar refractivity (Wildman–Crippen MR) is 138 cm³/mol. The number of nitrogens with zero attached hydrogens (tertiary/aromatic N) is 2. The minimum atomic E-state index is 0.416. The molecule has 2 unspecified atom stereocenters. The van der Waals surface area contributed by atoms with Gasteiger partial charge in [-0.15, -0.1) is 0 Å². The third-order valence-electron chi connectivity index (χ3n) is 7.61. The van der Waals surface area contributed by atoms with Crippen LogP contribution in [0.1, 0.15) is 58.6 Å². The monoisotopic (exact) mass is 438 g/mol. The molecule has 2 aliphatic heterocycles. The van der Waals surface area contributed by atoms with Gasteiger partial charge in [-0.2, -0.15) is 0 Å². The minimum absolute atomic E-state index is 0.416. The van der Waals surface area contributed by atoms with E-state index in [1.165, 1.54) is 35.1 Å². The summed E-state index contributed by atoms with van der Waals surface area (Å²) in [7, 11) is 0. The van der Waals surface area contributed by atoms with Gasteiger partial charge in [-0.3, -0.25) is 0 Å². The van der Waals surface area contributed by atoms with Gasteiger partial charge in [0.05, 0.1) is 22.8 Å². The summed E-state index contributed by atoms with van der Waals surface area (Å²) in [6.45, 7) is 0. The SMILES string of the molecule is C1=Cc2cc3ccc(cc4nc(cc5ccc(cc1n2)[nH]5)C1=C4C2CCC1c1ccccc12)[nH]3. The number of benzene rings is 1. The fourth-order valence-corrected chi connectivity index (χ4v) is 6.23. The lowest BCUT2D eigenvalue weighted by molar-refractivity contribution is 0.580. The first kappa shape index (κ1) is 18.3. The summed E-state index contributed by atoms with van der Waals surface area (Å²) in [6.07, 6.45) is 6.49. The van der Waals surface area contributed by atoms with E-state index < -0.39 is 0 Å². The number of fused-ring (bicyclic) bond motifs is 9. The fourth-order valence-electron chi connectivity index (χ4n) is 6.23. The van der Waals surface area contributed by atoms with Crippen LogP contribution in [0, 0.1) is 0 Å². The maximum Gasteiger partial charge on any atom is 0.0699 e. The number of aromatic nitrogens is 4. The highest BCUT2D eigenvalue weighted by Crippen LogP contribution is 2.59. The highest BCUT2D eigenvalue weighted by Gasteiger charge is 2.42. The first-order valence-electron chi connectivity index (χ1n) is 12.0. The van der Waals surface area contributed by atoms with Crippen LogP contribution in [0.25, 0.3) is 45.4 Å². The average Bonchev–Trinajstić information content (AvgIpc) is 3.65. The Morgan fingerprint density at radius 1 is 0.559 bits per heavy atom. The van der Waals surface area contributed by atoms with Crippen molar-refractivity contribution in [2.75, 3.05) is 0 Å². The molecule has 9 rings (SSSR count). The molecule has 0 amide bonds. The molecule has 10 bridgehead atoms. The lowest BCUT2D eigenvalue weighted by Crippen LogP contribution is -2.22. The number of H-pyrrole nitrogens is 2. The van der Waals surface area contributed by atoms with E-state index in [1.54, 1.807) is 0 Å². The van der Waals surface area contributed by atoms with Gasteiger partial charge in [0, 0.05) is 33.9 Å². The molecule has 162 valence electrons. The average molecular weight is 439 g/mol. The number of aromatic amines is 2. The molecule has 0 radical (unpaired) electrons. The van der Waals surface area contributed by atoms with Gasteiger partial charge in [-0.25, -0.2) is 9.97 Å². The first-order valence-corrected chi connectivity index (χ1v) is 12.0. The van der Waals surface area contributed by atoms with Gasteiger partial charge < -0.3 is 9.97 Å². The van der Waals surface area contributed by atoms with E-state index in [4.69, 9.17) is 9.97 Å². The molecule has 4 heteroatoms. The third-order valence-corrected chi connectivity index (χ3v) is 7.61. The van der Waals surface area contributed by atoms with Crippen molar-refractivity contribution < 1.29 is 0 Å². The zero-order chi connectivity index (χ0) is 22.2. The molecule has 4 nitrogen and oxygen atoms in total. The number of rotatable bonds is 0. The zero-order valence-electron chi connectivity index (χ0n) is 18.5. The van der Waals surface area contributed by atoms with Gasteiger partial charge in [0.2, 0.25) is 0 Å². The number of hydrogen-bond acceptors (Lipinski definition) is 2. The Labute approximate surface area is 196 Å². The molecule has 5 aliphatic rings. The van der Waals surface area contributed by atoms with Crippen LogP contribution in [0.15, 0.2) is 72.8 Å². The van der Waals surface area contributed by atoms with E-state index >= 15 is 0 Å². The second-order valence-electron chi connectivity index (χ2n) is 9.63. The summed E-state index contributed by atoms with van der Waals surface area (Å²) in [5.74, 6) is 0.832. The Hall–Kier alpha value is -4.18. The lowest BCUT2D eigenvalue weighted by Gasteiger charge is -2.39. The van der Waals surface area contributed by atoms with Crippen molar-refractivity contribution in [2.24, 2.45) is 0 Å². The van der Waals surface area contributed by atoms with Crippen molar-refractivity contribution >= 4 is 45.4 Å². The zero-order valence-corrected chi connectivity index (χ0v) is 18.5. The highest BCUT2D eigenvalue weighted by molar-refractivity contribution is 6.01. The highest BCUT2D eigenvalue weighted by atomic mass is 14.8. The minimum Gasteiger partial charge on any atom is -0.355 e. The van der Waals surface area contributed by atoms with Crippen LogP contribution in [0.4, 0.5) is 0 Å². The Morgan fingerprint density at radius 2 is 1.03 bits per heavy atom. The molecule has 0 spiro atoms. The van der Waals surface area contributed by atoms with E-state index in [-0.39, 0.29) is 0 Å². The molecule has 4 aromatic rings. The largest absolute Gasteiger partial charge is 0.355 e. The molecule has 3 aliphatic carbocycles. The Morgan fingerprint density at radius 3 is 1.53 bits per heavy atom. The van der Waals surface area contributed by atoms with Crippen LogP contribution in [-0.4, -0.2) is 19.9 Å². The Kier molecular flexibility index (Phi) is 3.59. The number of nitrogens with one attached hydrogen (secondary N) is 2. The van der Waals surface area contributed by atoms with Crippen molar-refractivity contribution in [2.45, 2.75) is 24.7 Å². The smallest absolute Gasteiger partial charge is 0.0699 e. The predicted octanol–water partition coefficient (Wildman–Crippen LogP) is 7.07. The second-order valence-corrected chi connectivity index (χ2v) is 9.63. The van der Waals surface area contributed by atoms with E-state index in [1.807, 2.05) is 0 Å². The summed E-state index contributed by atoms with van der Waals surface area (Å²) in [6, 6.07) is 26.1. The van der Waals surface area contributed by atoms with E-state index in [9.17, 15) is 0 Å². The molecule has 0 fully saturated rings. The van der Waals surface area contributed by atoms with Crippen LogP contribution in [-0.2, 0) is 0 Å². The molecule has 2 atom stereocenters. The van der Waals surface area contributed by atoms with E-state index in [0.717, 1.165) is 44.8 Å². The lowest BCUT2D eigenvalue weighted by atomic mass is 9.63. The summed E-state index contributed by atoms with van der Waals surface area (Å²) in [5.41, 5.74) is 14.1. The van der Waals surface area contributed by atoms with Crippen molar-refractivity contribution in [3.8, 4) is 0 Å². The molecular formula is C30H22N4. The molecule has 1 aromatic carbocycles. The molecule has 0 saturated heterocycles. The summed E-state index contributed by atoms with van der Waals surface area (Å²) >= 11 is 0. The standard InChI is InChI=1S/C30H22N4/c1-2-4-24-23(3-1)25-11-12-26(24)30-28-16-22-10-8-20(33-22)14-18-6-5-17(31-18)13-19-7-9-21(32-19)15-27(34-28)29(25)30/h1-10,13-16,25-26,32-33H,11-12H2. The van der Waals surface area contributed by atoms with Gasteiger partial charge in [0.25, 0.3) is 0 Å². The molecule has 34 heavy (non-hydrogen) atoms. The third kappa shape index (κ3) is 2.65. The number of allylic oxidation sites excluding steroid dienone is 2. The van der Waals surface area contributed by atoms with Crippen LogP contribution in [0.3, 0.4) is 0 Å². The van der Waals surface area contributed by atoms with Gasteiger partial charge in [-0.1, -0.05) is 24.3 Å². The van der Waals surface area contributed by atoms with Crippen molar-refractivity contribution in [1.82, 2.24) is 19.9 Å². The Bertz CT molecular complexity index is 1610. The maximum atomic E-state index is 5.24. The number of hydrogen-bond donors (Lipinski definition) is 2. The summed E-state index contributed by atoms with van der Waals surface area (Å²) in [5, 5.41) is 0. The maximum absolute atomic E-state index is 5.24. The van der Waals surface area contributed by atoms with Crippen LogP contribution in [0.5, 0.6) is 0 Å². The van der Waals surface area contributed by atoms with Gasteiger partial charge in [0.15, 0.2) is 0 Å². The van der Waals surface area contributed by atoms with Gasteiger partial charge in [-0.05, 0) is 95.8 Å². The first-order chi connectivity index (χ1) is 16.8. The molecule has 2 N–H and O–H groups in total. The second kappa shape index (κ2) is 6.67.